The predicted octanol–water partition coefficient (Wildman–Crippen LogP) is 7.26. The molecular weight excluding hydrogens is 628 g/mol. The van der Waals surface area contributed by atoms with Gasteiger partial charge in [0.05, 0.1) is 46.2 Å². The normalized spacial score (nSPS) is 11.9. The number of aromatic nitrogens is 2. The van der Waals surface area contributed by atoms with Crippen LogP contribution in [0.5, 0.6) is 11.5 Å². The molecule has 0 aliphatic rings. The third kappa shape index (κ3) is 7.16. The van der Waals surface area contributed by atoms with Crippen LogP contribution in [0, 0.1) is 10.1 Å². The maximum absolute atomic E-state index is 14.1. The molecule has 44 heavy (non-hydrogen) atoms. The van der Waals surface area contributed by atoms with E-state index in [0.717, 1.165) is 25.7 Å². The van der Waals surface area contributed by atoms with E-state index < -0.39 is 11.0 Å². The summed E-state index contributed by atoms with van der Waals surface area (Å²) < 4.78 is 13.1. The predicted molar refractivity (Wildman–Crippen MR) is 175 cm³/mol. The first kappa shape index (κ1) is 32.4. The first-order valence-electron chi connectivity index (χ1n) is 14.4. The average Bonchev–Trinajstić information content (AvgIpc) is 3.04. The van der Waals surface area contributed by atoms with Gasteiger partial charge in [-0.15, -0.1) is 0 Å². The number of para-hydroxylation sites is 1. The molecule has 0 N–H and O–H groups in total. The number of ether oxygens (including phenoxy) is 2. The van der Waals surface area contributed by atoms with Gasteiger partial charge in [-0.3, -0.25) is 24.3 Å². The second kappa shape index (κ2) is 14.8. The van der Waals surface area contributed by atoms with Crippen molar-refractivity contribution in [3.63, 3.8) is 0 Å². The molecule has 0 saturated heterocycles. The topological polar surface area (TPSA) is 117 Å². The molecule has 1 heterocycles. The third-order valence-corrected chi connectivity index (χ3v) is 8.19. The van der Waals surface area contributed by atoms with E-state index in [2.05, 4.69) is 22.9 Å². The van der Waals surface area contributed by atoms with Gasteiger partial charge >= 0.3 is 0 Å². The molecule has 11 heteroatoms. The first-order chi connectivity index (χ1) is 21.2. The molecule has 0 radical (unpaired) electrons. The highest BCUT2D eigenvalue weighted by atomic mass is 79.9. The highest BCUT2D eigenvalue weighted by Crippen LogP contribution is 2.37. The number of carbonyl (C=O) groups excluding carboxylic acids is 1. The number of benzene rings is 3. The summed E-state index contributed by atoms with van der Waals surface area (Å²) in [5.41, 5.74) is 1.30. The van der Waals surface area contributed by atoms with E-state index in [1.54, 1.807) is 53.4 Å². The summed E-state index contributed by atoms with van der Waals surface area (Å²) >= 11 is 3.61. The van der Waals surface area contributed by atoms with Gasteiger partial charge in [0.2, 0.25) is 5.91 Å². The monoisotopic (exact) mass is 662 g/mol. The molecule has 4 aromatic rings. The standard InChI is InChI=1S/C33H35BrN4O6/c1-5-6-7-10-19-36(30(39)18-15-23-13-16-24(17-14-23)38(41)42)22(2)32-35-27-12-9-8-11-26(27)33(40)37(32)28-20-25(43-3)21-29(44-4)31(28)34/h8-9,11-18,20-22H,5-7,10,19H2,1-4H3/b18-15+. The number of nitro groups is 1. The number of fused-ring (bicyclic) bond motifs is 1. The molecular formula is C33H35BrN4O6. The van der Waals surface area contributed by atoms with Crippen molar-refractivity contribution in [2.75, 3.05) is 20.8 Å². The Morgan fingerprint density at radius 1 is 1.09 bits per heavy atom. The van der Waals surface area contributed by atoms with Gasteiger partial charge in [0.25, 0.3) is 11.2 Å². The maximum Gasteiger partial charge on any atom is 0.269 e. The van der Waals surface area contributed by atoms with Crippen molar-refractivity contribution >= 4 is 44.5 Å². The van der Waals surface area contributed by atoms with E-state index in [0.29, 0.717) is 50.5 Å². The summed E-state index contributed by atoms with van der Waals surface area (Å²) in [6.45, 7) is 4.42. The van der Waals surface area contributed by atoms with Gasteiger partial charge in [0.15, 0.2) is 0 Å². The Balaban J connectivity index is 1.84. The highest BCUT2D eigenvalue weighted by molar-refractivity contribution is 9.10. The van der Waals surface area contributed by atoms with E-state index >= 15 is 0 Å². The Hall–Kier alpha value is -4.51. The van der Waals surface area contributed by atoms with Gasteiger partial charge in [-0.1, -0.05) is 38.3 Å². The molecule has 1 amide bonds. The van der Waals surface area contributed by atoms with Gasteiger partial charge in [-0.2, -0.15) is 0 Å². The Morgan fingerprint density at radius 2 is 1.82 bits per heavy atom. The molecule has 1 unspecified atom stereocenters. The summed E-state index contributed by atoms with van der Waals surface area (Å²) in [5, 5.41) is 11.5. The summed E-state index contributed by atoms with van der Waals surface area (Å²) in [6.07, 6.45) is 6.86. The Bertz CT molecular complexity index is 1740. The minimum absolute atomic E-state index is 0.0275. The van der Waals surface area contributed by atoms with Crippen LogP contribution in [-0.2, 0) is 4.79 Å². The Kier molecular flexibility index (Phi) is 10.9. The van der Waals surface area contributed by atoms with Crippen LogP contribution >= 0.6 is 15.9 Å². The van der Waals surface area contributed by atoms with Gasteiger partial charge in [-0.25, -0.2) is 4.98 Å². The van der Waals surface area contributed by atoms with Crippen molar-refractivity contribution in [1.82, 2.24) is 14.5 Å². The Labute approximate surface area is 264 Å². The molecule has 1 atom stereocenters. The molecule has 0 saturated carbocycles. The smallest absolute Gasteiger partial charge is 0.269 e. The molecule has 0 aliphatic carbocycles. The Morgan fingerprint density at radius 3 is 2.48 bits per heavy atom. The van der Waals surface area contributed by atoms with Crippen LogP contribution in [0.3, 0.4) is 0 Å². The highest BCUT2D eigenvalue weighted by Gasteiger charge is 2.27. The molecule has 0 spiro atoms. The lowest BCUT2D eigenvalue weighted by molar-refractivity contribution is -0.384. The van der Waals surface area contributed by atoms with E-state index in [1.807, 2.05) is 13.0 Å². The molecule has 4 rings (SSSR count). The zero-order valence-electron chi connectivity index (χ0n) is 25.2. The second-order valence-corrected chi connectivity index (χ2v) is 11.0. The zero-order valence-corrected chi connectivity index (χ0v) is 26.7. The summed E-state index contributed by atoms with van der Waals surface area (Å²) in [4.78, 5) is 45.1. The van der Waals surface area contributed by atoms with Gasteiger partial charge < -0.3 is 14.4 Å². The fourth-order valence-electron chi connectivity index (χ4n) is 4.96. The quantitative estimate of drug-likeness (QED) is 0.0640. The molecule has 0 bridgehead atoms. The van der Waals surface area contributed by atoms with Crippen molar-refractivity contribution in [3.8, 4) is 17.2 Å². The summed E-state index contributed by atoms with van der Waals surface area (Å²) in [7, 11) is 3.06. The number of hydrogen-bond acceptors (Lipinski definition) is 7. The van der Waals surface area contributed by atoms with Crippen molar-refractivity contribution < 1.29 is 19.2 Å². The number of hydrogen-bond donors (Lipinski definition) is 0. The first-order valence-corrected chi connectivity index (χ1v) is 15.2. The number of carbonyl (C=O) groups is 1. The van der Waals surface area contributed by atoms with Gasteiger partial charge in [0.1, 0.15) is 17.3 Å². The number of methoxy groups -OCH3 is 2. The number of halogens is 1. The van der Waals surface area contributed by atoms with Crippen molar-refractivity contribution in [2.45, 2.75) is 45.6 Å². The largest absolute Gasteiger partial charge is 0.497 e. The van der Waals surface area contributed by atoms with Crippen LogP contribution in [0.4, 0.5) is 5.69 Å². The zero-order chi connectivity index (χ0) is 31.8. The SMILES string of the molecule is CCCCCCN(C(=O)/C=C/c1ccc([N+](=O)[O-])cc1)C(C)c1nc2ccccc2c(=O)n1-c1cc(OC)cc(OC)c1Br. The van der Waals surface area contributed by atoms with Gasteiger partial charge in [0, 0.05) is 36.9 Å². The second-order valence-electron chi connectivity index (χ2n) is 10.2. The average molecular weight is 664 g/mol. The molecule has 1 aromatic heterocycles. The molecule has 0 fully saturated rings. The van der Waals surface area contributed by atoms with Crippen molar-refractivity contribution in [3.05, 3.63) is 103 Å². The maximum atomic E-state index is 14.1. The lowest BCUT2D eigenvalue weighted by Crippen LogP contribution is -2.37. The number of amides is 1. The number of non-ortho nitro benzene ring substituents is 1. The fourth-order valence-corrected chi connectivity index (χ4v) is 5.53. The van der Waals surface area contributed by atoms with Crippen LogP contribution in [0.2, 0.25) is 0 Å². The number of unbranched alkanes of at least 4 members (excludes halogenated alkanes) is 3. The van der Waals surface area contributed by atoms with Crippen LogP contribution < -0.4 is 15.0 Å². The minimum atomic E-state index is -0.618. The van der Waals surface area contributed by atoms with E-state index in [1.165, 1.54) is 37.0 Å². The number of nitrogens with zero attached hydrogens (tertiary/aromatic N) is 4. The lowest BCUT2D eigenvalue weighted by atomic mass is 10.1. The fraction of sp³-hybridized carbons (Fsp3) is 0.303. The molecule has 3 aromatic carbocycles. The van der Waals surface area contributed by atoms with Crippen LogP contribution in [0.25, 0.3) is 22.7 Å². The summed E-state index contributed by atoms with van der Waals surface area (Å²) in [5.74, 6) is 1.05. The van der Waals surface area contributed by atoms with Crippen LogP contribution in [-0.4, -0.2) is 46.0 Å². The third-order valence-electron chi connectivity index (χ3n) is 7.39. The number of rotatable bonds is 13. The molecule has 230 valence electrons. The molecule has 10 nitrogen and oxygen atoms in total. The van der Waals surface area contributed by atoms with Crippen LogP contribution in [0.15, 0.2) is 76.0 Å². The summed E-state index contributed by atoms with van der Waals surface area (Å²) in [6, 6.07) is 15.9. The van der Waals surface area contributed by atoms with Crippen molar-refractivity contribution in [1.29, 1.82) is 0 Å². The van der Waals surface area contributed by atoms with Crippen LogP contribution in [0.1, 0.15) is 57.0 Å². The van der Waals surface area contributed by atoms with Crippen molar-refractivity contribution in [2.24, 2.45) is 0 Å². The minimum Gasteiger partial charge on any atom is -0.497 e. The molecule has 0 aliphatic heterocycles. The van der Waals surface area contributed by atoms with E-state index in [4.69, 9.17) is 14.5 Å². The van der Waals surface area contributed by atoms with E-state index in [9.17, 15) is 19.7 Å². The lowest BCUT2D eigenvalue weighted by Gasteiger charge is -2.30. The number of nitro benzene ring substituents is 1. The van der Waals surface area contributed by atoms with E-state index in [-0.39, 0.29) is 17.2 Å². The van der Waals surface area contributed by atoms with Gasteiger partial charge in [-0.05, 0) is 65.2 Å².